The van der Waals surface area contributed by atoms with Crippen LogP contribution in [-0.2, 0) is 15.6 Å². The van der Waals surface area contributed by atoms with Gasteiger partial charge in [0.05, 0.1) is 0 Å². The van der Waals surface area contributed by atoms with Crippen molar-refractivity contribution in [1.29, 1.82) is 0 Å². The molecule has 1 saturated carbocycles. The number of benzene rings is 2. The van der Waals surface area contributed by atoms with Crippen molar-refractivity contribution >= 4 is 17.5 Å². The SMILES string of the molecule is CC(C)(C)c1ccc(OCC(=O)Nc2ccc(C(=O)NC3CCCCC3)cc2)c(C(C)(C)C)c1. The second kappa shape index (κ2) is 10.6. The number of amides is 2. The molecule has 0 bridgehead atoms. The molecule has 0 spiro atoms. The molecule has 0 saturated heterocycles. The van der Waals surface area contributed by atoms with Gasteiger partial charge in [0.1, 0.15) is 5.75 Å². The number of carbonyl (C=O) groups is 2. The van der Waals surface area contributed by atoms with Crippen molar-refractivity contribution in [3.63, 3.8) is 0 Å². The minimum absolute atomic E-state index is 0.0371. The van der Waals surface area contributed by atoms with Crippen LogP contribution < -0.4 is 15.4 Å². The van der Waals surface area contributed by atoms with Crippen LogP contribution in [0.15, 0.2) is 42.5 Å². The van der Waals surface area contributed by atoms with E-state index in [0.717, 1.165) is 24.2 Å². The lowest BCUT2D eigenvalue weighted by Gasteiger charge is -2.27. The normalized spacial score (nSPS) is 15.0. The van der Waals surface area contributed by atoms with Gasteiger partial charge in [-0.2, -0.15) is 0 Å². The lowest BCUT2D eigenvalue weighted by Crippen LogP contribution is -2.36. The summed E-state index contributed by atoms with van der Waals surface area (Å²) < 4.78 is 5.94. The molecule has 5 nitrogen and oxygen atoms in total. The van der Waals surface area contributed by atoms with Gasteiger partial charge < -0.3 is 15.4 Å². The predicted octanol–water partition coefficient (Wildman–Crippen LogP) is 6.36. The van der Waals surface area contributed by atoms with Crippen molar-refractivity contribution in [2.24, 2.45) is 0 Å². The Morgan fingerprint density at radius 3 is 2.12 bits per heavy atom. The predicted molar refractivity (Wildman–Crippen MR) is 139 cm³/mol. The minimum Gasteiger partial charge on any atom is -0.483 e. The van der Waals surface area contributed by atoms with Gasteiger partial charge in [0, 0.05) is 17.3 Å². The molecule has 34 heavy (non-hydrogen) atoms. The van der Waals surface area contributed by atoms with E-state index < -0.39 is 0 Å². The summed E-state index contributed by atoms with van der Waals surface area (Å²) in [7, 11) is 0. The van der Waals surface area contributed by atoms with E-state index in [-0.39, 0.29) is 35.3 Å². The van der Waals surface area contributed by atoms with Crippen molar-refractivity contribution in [1.82, 2.24) is 5.32 Å². The third kappa shape index (κ3) is 7.09. The Kier molecular flexibility index (Phi) is 8.06. The van der Waals surface area contributed by atoms with E-state index in [0.29, 0.717) is 11.3 Å². The highest BCUT2D eigenvalue weighted by Crippen LogP contribution is 2.35. The zero-order valence-electron chi connectivity index (χ0n) is 21.6. The third-order valence-corrected chi connectivity index (χ3v) is 6.38. The van der Waals surface area contributed by atoms with Crippen LogP contribution in [0.4, 0.5) is 5.69 Å². The van der Waals surface area contributed by atoms with Gasteiger partial charge in [-0.05, 0) is 65.1 Å². The third-order valence-electron chi connectivity index (χ3n) is 6.38. The van der Waals surface area contributed by atoms with Gasteiger partial charge in [0.25, 0.3) is 11.8 Å². The number of hydrogen-bond donors (Lipinski definition) is 2. The summed E-state index contributed by atoms with van der Waals surface area (Å²) in [5.74, 6) is 0.436. The molecule has 5 heteroatoms. The summed E-state index contributed by atoms with van der Waals surface area (Å²) in [6.45, 7) is 12.9. The fourth-order valence-corrected chi connectivity index (χ4v) is 4.27. The van der Waals surface area contributed by atoms with E-state index in [9.17, 15) is 9.59 Å². The highest BCUT2D eigenvalue weighted by molar-refractivity contribution is 5.96. The van der Waals surface area contributed by atoms with Crippen LogP contribution in [0.25, 0.3) is 0 Å². The van der Waals surface area contributed by atoms with E-state index >= 15 is 0 Å². The molecule has 0 aromatic heterocycles. The lowest BCUT2D eigenvalue weighted by atomic mass is 9.80. The maximum atomic E-state index is 12.5. The molecule has 3 rings (SSSR count). The van der Waals surface area contributed by atoms with Crippen molar-refractivity contribution in [3.05, 3.63) is 59.2 Å². The molecular weight excluding hydrogens is 424 g/mol. The molecule has 1 aliphatic rings. The summed E-state index contributed by atoms with van der Waals surface area (Å²) >= 11 is 0. The van der Waals surface area contributed by atoms with Crippen LogP contribution in [0, 0.1) is 0 Å². The molecule has 1 aliphatic carbocycles. The first kappa shape index (κ1) is 25.8. The monoisotopic (exact) mass is 464 g/mol. The topological polar surface area (TPSA) is 67.4 Å². The number of anilines is 1. The van der Waals surface area contributed by atoms with Gasteiger partial charge in [-0.25, -0.2) is 0 Å². The first-order valence-electron chi connectivity index (χ1n) is 12.4. The van der Waals surface area contributed by atoms with E-state index in [4.69, 9.17) is 4.74 Å². The smallest absolute Gasteiger partial charge is 0.262 e. The molecule has 2 aromatic rings. The highest BCUT2D eigenvalue weighted by atomic mass is 16.5. The number of ether oxygens (including phenoxy) is 1. The fraction of sp³-hybridized carbons (Fsp3) is 0.517. The molecule has 1 fully saturated rings. The summed E-state index contributed by atoms with van der Waals surface area (Å²) in [5, 5.41) is 5.98. The lowest BCUT2D eigenvalue weighted by molar-refractivity contribution is -0.118. The molecular formula is C29H40N2O3. The molecule has 2 amide bonds. The Bertz CT molecular complexity index is 992. The number of carbonyl (C=O) groups excluding carboxylic acids is 2. The maximum absolute atomic E-state index is 12.5. The Labute approximate surface area is 204 Å². The van der Waals surface area contributed by atoms with Gasteiger partial charge in [0.15, 0.2) is 6.61 Å². The van der Waals surface area contributed by atoms with Crippen LogP contribution in [0.5, 0.6) is 5.75 Å². The van der Waals surface area contributed by atoms with Crippen molar-refractivity contribution in [2.45, 2.75) is 90.5 Å². The van der Waals surface area contributed by atoms with Crippen LogP contribution >= 0.6 is 0 Å². The Balaban J connectivity index is 1.58. The second-order valence-electron chi connectivity index (χ2n) is 11.4. The fourth-order valence-electron chi connectivity index (χ4n) is 4.27. The first-order chi connectivity index (χ1) is 15.9. The minimum atomic E-state index is -0.237. The van der Waals surface area contributed by atoms with Gasteiger partial charge in [-0.15, -0.1) is 0 Å². The van der Waals surface area contributed by atoms with E-state index in [1.54, 1.807) is 24.3 Å². The largest absolute Gasteiger partial charge is 0.483 e. The van der Waals surface area contributed by atoms with Crippen molar-refractivity contribution < 1.29 is 14.3 Å². The van der Waals surface area contributed by atoms with Crippen LogP contribution in [0.1, 0.15) is 95.1 Å². The Hall–Kier alpha value is -2.82. The molecule has 2 aromatic carbocycles. The summed E-state index contributed by atoms with van der Waals surface area (Å²) in [4.78, 5) is 25.0. The van der Waals surface area contributed by atoms with Crippen LogP contribution in [0.3, 0.4) is 0 Å². The Morgan fingerprint density at radius 1 is 0.882 bits per heavy atom. The molecule has 0 aliphatic heterocycles. The summed E-state index contributed by atoms with van der Waals surface area (Å²) in [6, 6.07) is 13.5. The van der Waals surface area contributed by atoms with Crippen LogP contribution in [0.2, 0.25) is 0 Å². The Morgan fingerprint density at radius 2 is 1.53 bits per heavy atom. The molecule has 0 radical (unpaired) electrons. The van der Waals surface area contributed by atoms with Crippen molar-refractivity contribution in [3.8, 4) is 5.75 Å². The van der Waals surface area contributed by atoms with Gasteiger partial charge >= 0.3 is 0 Å². The standard InChI is InChI=1S/C29H40N2O3/c1-28(2,3)21-14-17-25(24(18-21)29(4,5)6)34-19-26(32)30-23-15-12-20(13-16-23)27(33)31-22-10-8-7-9-11-22/h12-18,22H,7-11,19H2,1-6H3,(H,30,32)(H,31,33). The van der Waals surface area contributed by atoms with Crippen LogP contribution in [-0.4, -0.2) is 24.5 Å². The van der Waals surface area contributed by atoms with Crippen molar-refractivity contribution in [2.75, 3.05) is 11.9 Å². The molecule has 2 N–H and O–H groups in total. The average molecular weight is 465 g/mol. The van der Waals surface area contributed by atoms with Gasteiger partial charge in [-0.1, -0.05) is 72.9 Å². The van der Waals surface area contributed by atoms with E-state index in [1.165, 1.54) is 24.8 Å². The number of nitrogens with one attached hydrogen (secondary N) is 2. The van der Waals surface area contributed by atoms with Gasteiger partial charge in [0.2, 0.25) is 0 Å². The maximum Gasteiger partial charge on any atom is 0.262 e. The van der Waals surface area contributed by atoms with E-state index in [1.807, 2.05) is 6.07 Å². The molecule has 0 atom stereocenters. The molecule has 0 unspecified atom stereocenters. The number of rotatable bonds is 6. The molecule has 0 heterocycles. The highest BCUT2D eigenvalue weighted by Gasteiger charge is 2.23. The zero-order valence-corrected chi connectivity index (χ0v) is 21.6. The van der Waals surface area contributed by atoms with E-state index in [2.05, 4.69) is 64.3 Å². The second-order valence-corrected chi connectivity index (χ2v) is 11.4. The summed E-state index contributed by atoms with van der Waals surface area (Å²) in [5.41, 5.74) is 3.50. The zero-order chi connectivity index (χ0) is 24.9. The average Bonchev–Trinajstić information content (AvgIpc) is 2.77. The first-order valence-corrected chi connectivity index (χ1v) is 12.4. The number of hydrogen-bond acceptors (Lipinski definition) is 3. The molecule has 184 valence electrons. The van der Waals surface area contributed by atoms with Gasteiger partial charge in [-0.3, -0.25) is 9.59 Å². The summed E-state index contributed by atoms with van der Waals surface area (Å²) in [6.07, 6.45) is 5.71. The quantitative estimate of drug-likeness (QED) is 0.522.